The van der Waals surface area contributed by atoms with Crippen molar-refractivity contribution in [1.29, 1.82) is 0 Å². The van der Waals surface area contributed by atoms with E-state index < -0.39 is 0 Å². The molecule has 0 saturated carbocycles. The maximum atomic E-state index is 13.6. The molecule has 0 aliphatic heterocycles. The Labute approximate surface area is 156 Å². The van der Waals surface area contributed by atoms with Gasteiger partial charge in [-0.15, -0.1) is 0 Å². The molecule has 2 N–H and O–H groups in total. The molecule has 0 saturated heterocycles. The van der Waals surface area contributed by atoms with E-state index in [9.17, 15) is 9.18 Å². The van der Waals surface area contributed by atoms with Crippen LogP contribution in [0.1, 0.15) is 16.1 Å². The number of carbonyl (C=O) groups is 1. The van der Waals surface area contributed by atoms with Gasteiger partial charge < -0.3 is 15.4 Å². The van der Waals surface area contributed by atoms with E-state index in [1.54, 1.807) is 36.4 Å². The Kier molecular flexibility index (Phi) is 5.94. The second-order valence-corrected chi connectivity index (χ2v) is 5.69. The number of aromatic nitrogens is 2. The molecule has 2 aromatic carbocycles. The molecule has 0 bridgehead atoms. The summed E-state index contributed by atoms with van der Waals surface area (Å²) in [5.41, 5.74) is 1.37. The Morgan fingerprint density at radius 3 is 2.70 bits per heavy atom. The summed E-state index contributed by atoms with van der Waals surface area (Å²) in [5.74, 6) is 0.242. The van der Waals surface area contributed by atoms with E-state index in [0.717, 1.165) is 0 Å². The molecule has 0 radical (unpaired) electrons. The molecule has 0 aliphatic rings. The lowest BCUT2D eigenvalue weighted by Crippen LogP contribution is -2.16. The van der Waals surface area contributed by atoms with E-state index >= 15 is 0 Å². The van der Waals surface area contributed by atoms with Crippen molar-refractivity contribution in [2.45, 2.75) is 6.42 Å². The highest BCUT2D eigenvalue weighted by Gasteiger charge is 2.12. The number of halogens is 1. The summed E-state index contributed by atoms with van der Waals surface area (Å²) in [7, 11) is 1.53. The predicted molar refractivity (Wildman–Crippen MR) is 102 cm³/mol. The lowest BCUT2D eigenvalue weighted by Gasteiger charge is -2.10. The van der Waals surface area contributed by atoms with E-state index in [1.165, 1.54) is 25.4 Å². The van der Waals surface area contributed by atoms with Crippen LogP contribution in [0, 0.1) is 5.82 Å². The maximum Gasteiger partial charge on any atom is 0.274 e. The van der Waals surface area contributed by atoms with Crippen LogP contribution in [0.15, 0.2) is 60.8 Å². The number of anilines is 2. The van der Waals surface area contributed by atoms with Gasteiger partial charge in [-0.3, -0.25) is 4.79 Å². The van der Waals surface area contributed by atoms with E-state index in [-0.39, 0.29) is 17.4 Å². The number of benzene rings is 2. The van der Waals surface area contributed by atoms with Gasteiger partial charge in [0.1, 0.15) is 17.3 Å². The summed E-state index contributed by atoms with van der Waals surface area (Å²) in [4.78, 5) is 20.7. The molecule has 3 aromatic rings. The molecule has 27 heavy (non-hydrogen) atoms. The Morgan fingerprint density at radius 1 is 1.11 bits per heavy atom. The summed E-state index contributed by atoms with van der Waals surface area (Å²) in [6, 6.07) is 15.2. The SMILES string of the molecule is COc1ccccc1NC(=O)c1ccnc(NCCc2ccccc2F)n1. The van der Waals surface area contributed by atoms with Gasteiger partial charge in [0.25, 0.3) is 5.91 Å². The van der Waals surface area contributed by atoms with Crippen molar-refractivity contribution in [1.82, 2.24) is 9.97 Å². The first-order chi connectivity index (χ1) is 13.2. The zero-order chi connectivity index (χ0) is 19.1. The number of nitrogens with one attached hydrogen (secondary N) is 2. The quantitative estimate of drug-likeness (QED) is 0.669. The van der Waals surface area contributed by atoms with Gasteiger partial charge in [0, 0.05) is 12.7 Å². The fraction of sp³-hybridized carbons (Fsp3) is 0.150. The number of methoxy groups -OCH3 is 1. The Balaban J connectivity index is 1.63. The molecule has 1 amide bonds. The van der Waals surface area contributed by atoms with Crippen LogP contribution in [0.5, 0.6) is 5.75 Å². The standard InChI is InChI=1S/C20H19FN4O2/c1-27-18-9-5-4-8-16(18)24-19(26)17-11-13-23-20(25-17)22-12-10-14-6-2-3-7-15(14)21/h2-9,11,13H,10,12H2,1H3,(H,24,26)(H,22,23,25). The predicted octanol–water partition coefficient (Wildman–Crippen LogP) is 3.53. The minimum atomic E-state index is -0.376. The van der Waals surface area contributed by atoms with Crippen LogP contribution < -0.4 is 15.4 Å². The largest absolute Gasteiger partial charge is 0.495 e. The third kappa shape index (κ3) is 4.78. The summed E-state index contributed by atoms with van der Waals surface area (Å²) < 4.78 is 18.9. The lowest BCUT2D eigenvalue weighted by atomic mass is 10.1. The molecule has 1 heterocycles. The lowest BCUT2D eigenvalue weighted by molar-refractivity contribution is 0.102. The van der Waals surface area contributed by atoms with E-state index in [0.29, 0.717) is 35.9 Å². The smallest absolute Gasteiger partial charge is 0.274 e. The average molecular weight is 366 g/mol. The molecule has 0 aliphatic carbocycles. The first-order valence-corrected chi connectivity index (χ1v) is 8.42. The third-order valence-electron chi connectivity index (χ3n) is 3.88. The highest BCUT2D eigenvalue weighted by atomic mass is 19.1. The fourth-order valence-corrected chi connectivity index (χ4v) is 2.51. The highest BCUT2D eigenvalue weighted by molar-refractivity contribution is 6.03. The second kappa shape index (κ2) is 8.75. The van der Waals surface area contributed by atoms with Crippen LogP contribution in [0.25, 0.3) is 0 Å². The van der Waals surface area contributed by atoms with Crippen LogP contribution in [0.2, 0.25) is 0 Å². The molecule has 3 rings (SSSR count). The van der Waals surface area contributed by atoms with Crippen LogP contribution in [0.4, 0.5) is 16.0 Å². The van der Waals surface area contributed by atoms with Crippen molar-refractivity contribution in [3.8, 4) is 5.75 Å². The Bertz CT molecular complexity index is 933. The molecule has 1 aromatic heterocycles. The number of carbonyl (C=O) groups excluding carboxylic acids is 1. The molecule has 0 spiro atoms. The molecule has 0 atom stereocenters. The third-order valence-corrected chi connectivity index (χ3v) is 3.88. The van der Waals surface area contributed by atoms with Crippen molar-refractivity contribution in [2.75, 3.05) is 24.3 Å². The summed E-state index contributed by atoms with van der Waals surface area (Å²) in [6.07, 6.45) is 1.98. The van der Waals surface area contributed by atoms with Gasteiger partial charge in [0.15, 0.2) is 0 Å². The van der Waals surface area contributed by atoms with Crippen LogP contribution in [0.3, 0.4) is 0 Å². The molecular formula is C20H19FN4O2. The van der Waals surface area contributed by atoms with Crippen molar-refractivity contribution in [3.63, 3.8) is 0 Å². The van der Waals surface area contributed by atoms with Crippen molar-refractivity contribution in [2.24, 2.45) is 0 Å². The molecule has 6 nitrogen and oxygen atoms in total. The van der Waals surface area contributed by atoms with Crippen LogP contribution >= 0.6 is 0 Å². The minimum Gasteiger partial charge on any atom is -0.495 e. The van der Waals surface area contributed by atoms with Gasteiger partial charge in [-0.1, -0.05) is 30.3 Å². The average Bonchev–Trinajstić information content (AvgIpc) is 2.70. The number of amides is 1. The first-order valence-electron chi connectivity index (χ1n) is 8.42. The molecular weight excluding hydrogens is 347 g/mol. The van der Waals surface area contributed by atoms with Crippen LogP contribution in [-0.4, -0.2) is 29.5 Å². The molecule has 0 fully saturated rings. The summed E-state index contributed by atoms with van der Waals surface area (Å²) in [6.45, 7) is 0.443. The topological polar surface area (TPSA) is 76.1 Å². The normalized spacial score (nSPS) is 10.3. The zero-order valence-electron chi connectivity index (χ0n) is 14.8. The van der Waals surface area contributed by atoms with Crippen molar-refractivity contribution in [3.05, 3.63) is 77.9 Å². The van der Waals surface area contributed by atoms with Gasteiger partial charge in [-0.05, 0) is 36.2 Å². The maximum absolute atomic E-state index is 13.6. The van der Waals surface area contributed by atoms with Gasteiger partial charge in [0.05, 0.1) is 12.8 Å². The Morgan fingerprint density at radius 2 is 1.89 bits per heavy atom. The zero-order valence-corrected chi connectivity index (χ0v) is 14.8. The van der Waals surface area contributed by atoms with E-state index in [1.807, 2.05) is 6.07 Å². The second-order valence-electron chi connectivity index (χ2n) is 5.69. The van der Waals surface area contributed by atoms with E-state index in [2.05, 4.69) is 20.6 Å². The van der Waals surface area contributed by atoms with Crippen molar-refractivity contribution >= 4 is 17.5 Å². The number of para-hydroxylation sites is 2. The number of hydrogen-bond acceptors (Lipinski definition) is 5. The Hall–Kier alpha value is -3.48. The van der Waals surface area contributed by atoms with Gasteiger partial charge in [-0.25, -0.2) is 14.4 Å². The number of hydrogen-bond donors (Lipinski definition) is 2. The highest BCUT2D eigenvalue weighted by Crippen LogP contribution is 2.23. The minimum absolute atomic E-state index is 0.212. The molecule has 7 heteroatoms. The van der Waals surface area contributed by atoms with Gasteiger partial charge in [-0.2, -0.15) is 0 Å². The summed E-state index contributed by atoms with van der Waals surface area (Å²) in [5, 5.41) is 5.77. The van der Waals surface area contributed by atoms with Crippen molar-refractivity contribution < 1.29 is 13.9 Å². The molecule has 0 unspecified atom stereocenters. The number of rotatable bonds is 7. The number of ether oxygens (including phenoxy) is 1. The molecule has 138 valence electrons. The van der Waals surface area contributed by atoms with Crippen LogP contribution in [-0.2, 0) is 6.42 Å². The van der Waals surface area contributed by atoms with Gasteiger partial charge >= 0.3 is 0 Å². The monoisotopic (exact) mass is 366 g/mol. The fourth-order valence-electron chi connectivity index (χ4n) is 2.51. The summed E-state index contributed by atoms with van der Waals surface area (Å²) >= 11 is 0. The van der Waals surface area contributed by atoms with E-state index in [4.69, 9.17) is 4.74 Å². The first kappa shape index (κ1) is 18.3. The van der Waals surface area contributed by atoms with Gasteiger partial charge in [0.2, 0.25) is 5.95 Å². The number of nitrogens with zero attached hydrogens (tertiary/aromatic N) is 2.